The Labute approximate surface area is 182 Å². The molecule has 0 fully saturated rings. The summed E-state index contributed by atoms with van der Waals surface area (Å²) in [5.41, 5.74) is 6.89. The van der Waals surface area contributed by atoms with Gasteiger partial charge in [-0.2, -0.15) is 0 Å². The molecule has 1 aromatic heterocycles. The van der Waals surface area contributed by atoms with Crippen molar-refractivity contribution in [2.24, 2.45) is 0 Å². The maximum absolute atomic E-state index is 8.49. The Morgan fingerprint density at radius 2 is 1.65 bits per heavy atom. The molecule has 31 heavy (non-hydrogen) atoms. The number of aromatic nitrogens is 1. The van der Waals surface area contributed by atoms with Crippen molar-refractivity contribution in [3.05, 3.63) is 48.0 Å². The third-order valence-electron chi connectivity index (χ3n) is 4.96. The Bertz CT molecular complexity index is 1220. The minimum absolute atomic E-state index is 0.807. The average molecular weight is 446 g/mol. The molecule has 4 aromatic rings. The van der Waals surface area contributed by atoms with E-state index in [0.29, 0.717) is 0 Å². The highest BCUT2D eigenvalue weighted by Gasteiger charge is 2.20. The minimum atomic E-state index is -4.94. The topological polar surface area (TPSA) is 132 Å². The molecule has 9 heteroatoms. The highest BCUT2D eigenvalue weighted by Crippen LogP contribution is 2.34. The van der Waals surface area contributed by atoms with Crippen molar-refractivity contribution in [3.8, 4) is 0 Å². The molecule has 0 aliphatic rings. The summed E-state index contributed by atoms with van der Waals surface area (Å²) in [6.07, 6.45) is 0. The first kappa shape index (κ1) is 22.9. The molecule has 0 saturated carbocycles. The van der Waals surface area contributed by atoms with Crippen molar-refractivity contribution in [2.45, 2.75) is 20.8 Å². The molecule has 3 aromatic carbocycles. The van der Waals surface area contributed by atoms with Crippen LogP contribution >= 0.6 is 0 Å². The molecule has 0 aliphatic carbocycles. The summed E-state index contributed by atoms with van der Waals surface area (Å²) >= 11 is 0. The second-order valence-corrected chi connectivity index (χ2v) is 7.82. The molecular weight excluding hydrogens is 422 g/mol. The van der Waals surface area contributed by atoms with Gasteiger partial charge in [0, 0.05) is 36.6 Å². The number of fused-ring (bicyclic) bond motifs is 4. The van der Waals surface area contributed by atoms with Gasteiger partial charge >= 0.3 is 11.2 Å². The molecule has 0 atom stereocenters. The number of aryl methyl sites for hydroxylation is 1. The van der Waals surface area contributed by atoms with Crippen LogP contribution in [-0.2, 0) is 0 Å². The Balaban J connectivity index is 0.000000491. The lowest BCUT2D eigenvalue weighted by atomic mass is 10.1. The van der Waals surface area contributed by atoms with E-state index in [1.54, 1.807) is 0 Å². The van der Waals surface area contributed by atoms with Crippen LogP contribution in [-0.4, -0.2) is 25.1 Å². The molecule has 0 aliphatic heterocycles. The van der Waals surface area contributed by atoms with Crippen LogP contribution in [0, 0.1) is 17.2 Å². The first-order valence-electron chi connectivity index (χ1n) is 9.79. The Morgan fingerprint density at radius 1 is 1.00 bits per heavy atom. The van der Waals surface area contributed by atoms with E-state index in [4.69, 9.17) is 28.0 Å². The fraction of sp³-hybridized carbons (Fsp3) is 0.273. The second kappa shape index (κ2) is 9.17. The predicted octanol–water partition coefficient (Wildman–Crippen LogP) is 0.856. The Hall–Kier alpha value is -2.75. The maximum Gasteiger partial charge on any atom is 0.381 e. The molecule has 0 bridgehead atoms. The number of nitrogens with zero attached hydrogens (tertiary/aromatic N) is 2. The second-order valence-electron chi connectivity index (χ2n) is 7.06. The zero-order chi connectivity index (χ0) is 22.8. The normalized spacial score (nSPS) is 11.5. The third-order valence-corrected chi connectivity index (χ3v) is 4.96. The lowest BCUT2D eigenvalue weighted by Gasteiger charge is -2.18. The number of rotatable bonds is 4. The first-order valence-corrected chi connectivity index (χ1v) is 11.0. The number of halogens is 1. The fourth-order valence-corrected chi connectivity index (χ4v) is 3.52. The molecule has 0 saturated heterocycles. The van der Waals surface area contributed by atoms with Crippen LogP contribution in [0.1, 0.15) is 19.4 Å². The van der Waals surface area contributed by atoms with Crippen LogP contribution in [0.2, 0.25) is 0 Å². The van der Waals surface area contributed by atoms with Gasteiger partial charge in [0.2, 0.25) is 0 Å². The minimum Gasteiger partial charge on any atom is -0.385 e. The number of benzene rings is 3. The van der Waals surface area contributed by atoms with Crippen molar-refractivity contribution in [1.29, 1.82) is 0 Å². The fourth-order valence-electron chi connectivity index (χ4n) is 3.52. The average Bonchev–Trinajstić information content (AvgIpc) is 2.71. The highest BCUT2D eigenvalue weighted by atomic mass is 35.7. The van der Waals surface area contributed by atoms with E-state index < -0.39 is 10.2 Å². The van der Waals surface area contributed by atoms with Crippen molar-refractivity contribution < 1.29 is 33.3 Å². The zero-order valence-corrected chi connectivity index (χ0v) is 18.5. The van der Waals surface area contributed by atoms with Gasteiger partial charge in [-0.05, 0) is 32.4 Å². The van der Waals surface area contributed by atoms with E-state index in [1.165, 1.54) is 16.6 Å². The van der Waals surface area contributed by atoms with Crippen LogP contribution in [0.4, 0.5) is 11.4 Å². The predicted molar refractivity (Wildman–Crippen MR) is 111 cm³/mol. The van der Waals surface area contributed by atoms with Crippen LogP contribution in [0.5, 0.6) is 0 Å². The monoisotopic (exact) mass is 445 g/mol. The van der Waals surface area contributed by atoms with Gasteiger partial charge in [0.05, 0.1) is 17.8 Å². The summed E-state index contributed by atoms with van der Waals surface area (Å²) in [5, 5.41) is 5.72. The molecule has 0 radical (unpaired) electrons. The molecule has 4 rings (SSSR count). The lowest BCUT2D eigenvalue weighted by Crippen LogP contribution is -2.68. The van der Waals surface area contributed by atoms with Crippen molar-refractivity contribution in [1.82, 2.24) is 4.98 Å². The summed E-state index contributed by atoms with van der Waals surface area (Å²) in [4.78, 5) is 7.18. The van der Waals surface area contributed by atoms with Crippen LogP contribution in [0.15, 0.2) is 46.9 Å². The molecule has 8 nitrogen and oxygen atoms in total. The van der Waals surface area contributed by atoms with E-state index in [2.05, 4.69) is 74.4 Å². The molecule has 0 unspecified atom stereocenters. The smallest absolute Gasteiger partial charge is 0.381 e. The Morgan fingerprint density at radius 3 is 2.26 bits per heavy atom. The largest absolute Gasteiger partial charge is 0.385 e. The third kappa shape index (κ3) is 5.30. The molecule has 1 heterocycles. The highest BCUT2D eigenvalue weighted by molar-refractivity contribution is 6.10. The summed E-state index contributed by atoms with van der Waals surface area (Å²) in [6, 6.07) is 14.6. The van der Waals surface area contributed by atoms with Gasteiger partial charge in [-0.25, -0.2) is 28.0 Å². The summed E-state index contributed by atoms with van der Waals surface area (Å²) < 4.78 is 40.3. The van der Waals surface area contributed by atoms with Gasteiger partial charge in [0.15, 0.2) is 11.0 Å². The molecule has 1 N–H and O–H groups in total. The van der Waals surface area contributed by atoms with Gasteiger partial charge in [0.1, 0.15) is 0 Å². The van der Waals surface area contributed by atoms with Gasteiger partial charge in [-0.3, -0.25) is 0 Å². The van der Waals surface area contributed by atoms with Crippen LogP contribution in [0.3, 0.4) is 0 Å². The molecule has 0 amide bonds. The van der Waals surface area contributed by atoms with Gasteiger partial charge in [0.25, 0.3) is 0 Å². The van der Waals surface area contributed by atoms with E-state index in [-0.39, 0.29) is 0 Å². The van der Waals surface area contributed by atoms with E-state index >= 15 is 0 Å². The number of hydrogen-bond acceptors (Lipinski definition) is 7. The van der Waals surface area contributed by atoms with E-state index in [1.807, 2.05) is 6.07 Å². The van der Waals surface area contributed by atoms with Gasteiger partial charge in [-0.1, -0.05) is 24.3 Å². The molecule has 164 valence electrons. The lowest BCUT2D eigenvalue weighted by molar-refractivity contribution is -2.00. The number of anilines is 2. The summed E-state index contributed by atoms with van der Waals surface area (Å²) in [5.74, 6) is 0. The molecule has 0 spiro atoms. The van der Waals surface area contributed by atoms with Crippen molar-refractivity contribution in [3.63, 3.8) is 0 Å². The SMILES string of the molecule is CCNc1cc2[o+]c3cc(N(C)CC)c(C)cc3nc2c2ccccc12.[O-][Cl+3]([O-])([O-])[O-]. The zero-order valence-electron chi connectivity index (χ0n) is 17.8. The van der Waals surface area contributed by atoms with Crippen molar-refractivity contribution >= 4 is 44.3 Å². The first-order chi connectivity index (χ1) is 14.6. The summed E-state index contributed by atoms with van der Waals surface area (Å²) in [6.45, 7) is 8.18. The summed E-state index contributed by atoms with van der Waals surface area (Å²) in [7, 11) is -2.85. The Kier molecular flexibility index (Phi) is 6.78. The molecular formula is C22H24ClN3O5. The standard InChI is InChI=1S/C22H24N3O.ClHO4/c1-5-23-17-12-21-22(16-10-8-7-9-15(16)17)24-18-11-14(3)19(25(4)6-2)13-20(18)26-21;2-1(3,4)5/h7-13,23H,5-6H2,1-4H3;(H,2,3,4,5)/q+1;/p-1. The van der Waals surface area contributed by atoms with Gasteiger partial charge in [-0.15, -0.1) is 10.2 Å². The van der Waals surface area contributed by atoms with Gasteiger partial charge < -0.3 is 10.2 Å². The van der Waals surface area contributed by atoms with Crippen LogP contribution in [0.25, 0.3) is 33.0 Å². The van der Waals surface area contributed by atoms with Crippen LogP contribution < -0.4 is 28.9 Å². The van der Waals surface area contributed by atoms with E-state index in [9.17, 15) is 0 Å². The maximum atomic E-state index is 8.49. The van der Waals surface area contributed by atoms with E-state index in [0.717, 1.165) is 46.4 Å². The number of hydrogen-bond donors (Lipinski definition) is 1. The number of nitrogens with one attached hydrogen (secondary N) is 1. The van der Waals surface area contributed by atoms with Crippen molar-refractivity contribution in [2.75, 3.05) is 30.4 Å². The quantitative estimate of drug-likeness (QED) is 0.278.